The van der Waals surface area contributed by atoms with Gasteiger partial charge in [0.2, 0.25) is 0 Å². The number of likely N-dealkylation sites (N-methyl/N-ethyl adjacent to an activating group) is 1. The lowest BCUT2D eigenvalue weighted by Gasteiger charge is -2.26. The van der Waals surface area contributed by atoms with E-state index in [9.17, 15) is 0 Å². The van der Waals surface area contributed by atoms with Crippen molar-refractivity contribution in [3.63, 3.8) is 0 Å². The normalized spacial score (nSPS) is 21.5. The molecule has 0 amide bonds. The van der Waals surface area contributed by atoms with Crippen LogP contribution in [0.5, 0.6) is 0 Å². The molecule has 0 saturated carbocycles. The van der Waals surface area contributed by atoms with Crippen molar-refractivity contribution in [1.29, 1.82) is 0 Å². The monoisotopic (exact) mass is 316 g/mol. The third kappa shape index (κ3) is 3.53. The lowest BCUT2D eigenvalue weighted by atomic mass is 10.2. The maximum absolute atomic E-state index is 3.53. The summed E-state index contributed by atoms with van der Waals surface area (Å²) in [5.41, 5.74) is 0. The lowest BCUT2D eigenvalue weighted by molar-refractivity contribution is 0.209. The molecule has 0 bridgehead atoms. The SMILES string of the molecule is CCN(CC)C1CCN(Cc2ccc(Br)s2)C1. The van der Waals surface area contributed by atoms with Crippen molar-refractivity contribution in [1.82, 2.24) is 9.80 Å². The minimum absolute atomic E-state index is 0.772. The first-order chi connectivity index (χ1) is 8.22. The summed E-state index contributed by atoms with van der Waals surface area (Å²) in [6.45, 7) is 10.5. The van der Waals surface area contributed by atoms with Crippen molar-refractivity contribution in [3.05, 3.63) is 20.8 Å². The van der Waals surface area contributed by atoms with E-state index in [0.717, 1.165) is 12.6 Å². The molecule has 1 aromatic heterocycles. The van der Waals surface area contributed by atoms with Gasteiger partial charge < -0.3 is 0 Å². The Morgan fingerprint density at radius 3 is 2.76 bits per heavy atom. The van der Waals surface area contributed by atoms with E-state index in [2.05, 4.69) is 51.7 Å². The van der Waals surface area contributed by atoms with E-state index in [-0.39, 0.29) is 0 Å². The highest BCUT2D eigenvalue weighted by Gasteiger charge is 2.26. The molecule has 0 aromatic carbocycles. The van der Waals surface area contributed by atoms with Crippen molar-refractivity contribution in [2.45, 2.75) is 32.9 Å². The summed E-state index contributed by atoms with van der Waals surface area (Å²) in [7, 11) is 0. The Bertz CT molecular complexity index is 349. The van der Waals surface area contributed by atoms with Gasteiger partial charge in [-0.15, -0.1) is 11.3 Å². The smallest absolute Gasteiger partial charge is 0.0701 e. The molecule has 1 aromatic rings. The number of hydrogen-bond donors (Lipinski definition) is 0. The first kappa shape index (κ1) is 13.5. The van der Waals surface area contributed by atoms with Crippen molar-refractivity contribution >= 4 is 27.3 Å². The van der Waals surface area contributed by atoms with Crippen LogP contribution in [-0.4, -0.2) is 42.0 Å². The molecule has 1 atom stereocenters. The molecule has 1 aliphatic heterocycles. The Labute approximate surface area is 117 Å². The van der Waals surface area contributed by atoms with Gasteiger partial charge in [-0.1, -0.05) is 13.8 Å². The Morgan fingerprint density at radius 1 is 1.41 bits per heavy atom. The van der Waals surface area contributed by atoms with Gasteiger partial charge in [0.1, 0.15) is 0 Å². The number of likely N-dealkylation sites (tertiary alicyclic amines) is 1. The van der Waals surface area contributed by atoms with E-state index >= 15 is 0 Å². The van der Waals surface area contributed by atoms with E-state index < -0.39 is 0 Å². The number of halogens is 1. The highest BCUT2D eigenvalue weighted by Crippen LogP contribution is 2.25. The highest BCUT2D eigenvalue weighted by molar-refractivity contribution is 9.11. The van der Waals surface area contributed by atoms with Gasteiger partial charge in [-0.25, -0.2) is 0 Å². The predicted molar refractivity (Wildman–Crippen MR) is 78.6 cm³/mol. The molecule has 96 valence electrons. The average molecular weight is 317 g/mol. The van der Waals surface area contributed by atoms with Gasteiger partial charge in [-0.2, -0.15) is 0 Å². The van der Waals surface area contributed by atoms with Gasteiger partial charge in [-0.05, 0) is 47.6 Å². The first-order valence-electron chi connectivity index (χ1n) is 6.43. The minimum Gasteiger partial charge on any atom is -0.300 e. The molecule has 0 N–H and O–H groups in total. The molecule has 1 unspecified atom stereocenters. The molecule has 0 aliphatic carbocycles. The van der Waals surface area contributed by atoms with Gasteiger partial charge in [-0.3, -0.25) is 9.80 Å². The average Bonchev–Trinajstić information content (AvgIpc) is 2.91. The van der Waals surface area contributed by atoms with Crippen LogP contribution in [0.25, 0.3) is 0 Å². The number of nitrogens with zero attached hydrogens (tertiary/aromatic N) is 2. The van der Waals surface area contributed by atoms with Crippen LogP contribution in [0, 0.1) is 0 Å². The molecular formula is C13H21BrN2S. The maximum atomic E-state index is 3.53. The Balaban J connectivity index is 1.85. The minimum atomic E-state index is 0.772. The fraction of sp³-hybridized carbons (Fsp3) is 0.692. The predicted octanol–water partition coefficient (Wildman–Crippen LogP) is 3.43. The van der Waals surface area contributed by atoms with Gasteiger partial charge in [0.05, 0.1) is 3.79 Å². The molecule has 0 radical (unpaired) electrons. The summed E-state index contributed by atoms with van der Waals surface area (Å²) in [6.07, 6.45) is 1.33. The fourth-order valence-corrected chi connectivity index (χ4v) is 4.18. The van der Waals surface area contributed by atoms with Crippen LogP contribution in [0.2, 0.25) is 0 Å². The summed E-state index contributed by atoms with van der Waals surface area (Å²) >= 11 is 5.39. The van der Waals surface area contributed by atoms with Crippen LogP contribution in [0.3, 0.4) is 0 Å². The number of thiophene rings is 1. The Hall–Kier alpha value is 0.1000. The van der Waals surface area contributed by atoms with Crippen molar-refractivity contribution in [2.24, 2.45) is 0 Å². The molecule has 2 heterocycles. The molecule has 17 heavy (non-hydrogen) atoms. The van der Waals surface area contributed by atoms with E-state index in [1.165, 1.54) is 41.3 Å². The van der Waals surface area contributed by atoms with Crippen LogP contribution in [0.15, 0.2) is 15.9 Å². The third-order valence-electron chi connectivity index (χ3n) is 3.58. The second-order valence-corrected chi connectivity index (χ2v) is 7.15. The zero-order chi connectivity index (χ0) is 12.3. The topological polar surface area (TPSA) is 6.48 Å². The Morgan fingerprint density at radius 2 is 2.18 bits per heavy atom. The van der Waals surface area contributed by atoms with E-state index in [4.69, 9.17) is 0 Å². The van der Waals surface area contributed by atoms with Gasteiger partial charge >= 0.3 is 0 Å². The number of hydrogen-bond acceptors (Lipinski definition) is 3. The van der Waals surface area contributed by atoms with Crippen LogP contribution >= 0.6 is 27.3 Å². The van der Waals surface area contributed by atoms with Gasteiger partial charge in [0.25, 0.3) is 0 Å². The summed E-state index contributed by atoms with van der Waals surface area (Å²) in [4.78, 5) is 6.64. The zero-order valence-corrected chi connectivity index (χ0v) is 13.1. The van der Waals surface area contributed by atoms with Crippen molar-refractivity contribution in [3.8, 4) is 0 Å². The molecule has 0 spiro atoms. The quantitative estimate of drug-likeness (QED) is 0.821. The first-order valence-corrected chi connectivity index (χ1v) is 8.04. The summed E-state index contributed by atoms with van der Waals surface area (Å²) in [5, 5.41) is 0. The van der Waals surface area contributed by atoms with E-state index in [0.29, 0.717) is 0 Å². The molecule has 1 saturated heterocycles. The third-order valence-corrected chi connectivity index (χ3v) is 5.19. The highest BCUT2D eigenvalue weighted by atomic mass is 79.9. The molecule has 1 aliphatic rings. The van der Waals surface area contributed by atoms with Crippen molar-refractivity contribution in [2.75, 3.05) is 26.2 Å². The largest absolute Gasteiger partial charge is 0.300 e. The fourth-order valence-electron chi connectivity index (χ4n) is 2.65. The lowest BCUT2D eigenvalue weighted by Crippen LogP contribution is -2.37. The van der Waals surface area contributed by atoms with Crippen LogP contribution in [0.4, 0.5) is 0 Å². The molecule has 4 heteroatoms. The molecule has 1 fully saturated rings. The number of rotatable bonds is 5. The maximum Gasteiger partial charge on any atom is 0.0701 e. The summed E-state index contributed by atoms with van der Waals surface area (Å²) in [5.74, 6) is 0. The van der Waals surface area contributed by atoms with Crippen LogP contribution in [-0.2, 0) is 6.54 Å². The van der Waals surface area contributed by atoms with Gasteiger partial charge in [0, 0.05) is 30.6 Å². The second kappa shape index (κ2) is 6.32. The van der Waals surface area contributed by atoms with E-state index in [1.807, 2.05) is 11.3 Å². The standard InChI is InChI=1S/C13H21BrN2S/c1-3-16(4-2)11-7-8-15(9-11)10-12-5-6-13(14)17-12/h5-6,11H,3-4,7-10H2,1-2H3. The molecule has 2 nitrogen and oxygen atoms in total. The molecule has 2 rings (SSSR count). The van der Waals surface area contributed by atoms with Crippen molar-refractivity contribution < 1.29 is 0 Å². The van der Waals surface area contributed by atoms with Crippen LogP contribution in [0.1, 0.15) is 25.1 Å². The van der Waals surface area contributed by atoms with Gasteiger partial charge in [0.15, 0.2) is 0 Å². The summed E-state index contributed by atoms with van der Waals surface area (Å²) in [6, 6.07) is 5.16. The second-order valence-electron chi connectivity index (χ2n) is 4.60. The molecular weight excluding hydrogens is 296 g/mol. The summed E-state index contributed by atoms with van der Waals surface area (Å²) < 4.78 is 1.24. The zero-order valence-electron chi connectivity index (χ0n) is 10.7. The van der Waals surface area contributed by atoms with E-state index in [1.54, 1.807) is 0 Å². The van der Waals surface area contributed by atoms with Crippen LogP contribution < -0.4 is 0 Å². The Kier molecular flexibility index (Phi) is 5.03.